The van der Waals surface area contributed by atoms with E-state index in [-0.39, 0.29) is 75.9 Å². The first-order valence-corrected chi connectivity index (χ1v) is 20.1. The molecule has 2 aromatic rings. The molecule has 0 spiro atoms. The molecule has 2 amide bonds. The van der Waals surface area contributed by atoms with Gasteiger partial charge in [-0.1, -0.05) is 37.6 Å². The van der Waals surface area contributed by atoms with Gasteiger partial charge in [0, 0.05) is 56.5 Å². The molecule has 1 aliphatic carbocycles. The number of ether oxygens (including phenoxy) is 2. The number of benzene rings is 1. The largest absolute Gasteiger partial charge is 0.490 e. The number of para-hydroxylation sites is 1. The van der Waals surface area contributed by atoms with Crippen molar-refractivity contribution in [2.75, 3.05) is 26.7 Å². The maximum Gasteiger partial charge on any atom is 0.425 e. The van der Waals surface area contributed by atoms with Crippen molar-refractivity contribution in [2.45, 2.75) is 113 Å². The minimum absolute atomic E-state index is 0.00684. The molecule has 17 heteroatoms. The van der Waals surface area contributed by atoms with Gasteiger partial charge in [0.15, 0.2) is 0 Å². The Morgan fingerprint density at radius 2 is 1.72 bits per heavy atom. The number of allylic oxidation sites excluding steroid dienone is 2. The van der Waals surface area contributed by atoms with E-state index in [9.17, 15) is 46.1 Å². The maximum absolute atomic E-state index is 15.0. The maximum atomic E-state index is 15.0. The van der Waals surface area contributed by atoms with Crippen LogP contribution in [0, 0.1) is 5.92 Å². The first-order valence-electron chi connectivity index (χ1n) is 19.2. The summed E-state index contributed by atoms with van der Waals surface area (Å²) in [6, 6.07) is 4.85. The lowest BCUT2D eigenvalue weighted by molar-refractivity contribution is -0.171. The molecule has 0 bridgehead atoms. The number of carbonyl (C=O) groups is 3. The van der Waals surface area contributed by atoms with Gasteiger partial charge in [0.2, 0.25) is 11.5 Å². The Labute approximate surface area is 330 Å². The second-order valence-electron chi connectivity index (χ2n) is 15.4. The number of likely N-dealkylation sites (N-methyl/N-ethyl adjacent to an activating group) is 1. The van der Waals surface area contributed by atoms with E-state index in [1.165, 1.54) is 29.1 Å². The Morgan fingerprint density at radius 3 is 2.37 bits per heavy atom. The molecule has 1 unspecified atom stereocenters. The number of likely N-dealkylation sites (tertiary alicyclic amines) is 2. The van der Waals surface area contributed by atoms with Gasteiger partial charge in [0.1, 0.15) is 22.4 Å². The van der Waals surface area contributed by atoms with Gasteiger partial charge in [-0.15, -0.1) is 11.3 Å². The van der Waals surface area contributed by atoms with Crippen LogP contribution >= 0.6 is 11.3 Å². The highest BCUT2D eigenvalue weighted by atomic mass is 32.1. The van der Waals surface area contributed by atoms with E-state index in [0.717, 1.165) is 22.4 Å². The number of carboxylic acid groups (broad SMARTS) is 1. The molecule has 5 atom stereocenters. The lowest BCUT2D eigenvalue weighted by Gasteiger charge is -2.52. The predicted molar refractivity (Wildman–Crippen MR) is 197 cm³/mol. The molecule has 3 fully saturated rings. The number of amides is 2. The number of carbonyl (C=O) groups excluding carboxylic acids is 2. The van der Waals surface area contributed by atoms with Gasteiger partial charge in [-0.3, -0.25) is 14.4 Å². The quantitative estimate of drug-likeness (QED) is 0.224. The van der Waals surface area contributed by atoms with Crippen molar-refractivity contribution in [1.82, 2.24) is 14.7 Å². The number of aliphatic hydroxyl groups is 1. The Kier molecular flexibility index (Phi) is 12.3. The number of halogens is 6. The predicted octanol–water partition coefficient (Wildman–Crippen LogP) is 7.52. The summed E-state index contributed by atoms with van der Waals surface area (Å²) < 4.78 is 96.8. The average Bonchev–Trinajstić information content (AvgIpc) is 3.81. The van der Waals surface area contributed by atoms with Crippen molar-refractivity contribution in [3.63, 3.8) is 0 Å². The molecule has 4 heterocycles. The number of alkyl halides is 6. The molecule has 1 aromatic carbocycles. The fourth-order valence-electron chi connectivity index (χ4n) is 8.87. The number of hydrogen-bond donors (Lipinski definition) is 2. The summed E-state index contributed by atoms with van der Waals surface area (Å²) in [4.78, 5) is 43.5. The van der Waals surface area contributed by atoms with E-state index >= 15 is 4.79 Å². The summed E-state index contributed by atoms with van der Waals surface area (Å²) in [5.74, 6) is -2.25. The molecule has 312 valence electrons. The molecule has 6 rings (SSSR count). The summed E-state index contributed by atoms with van der Waals surface area (Å²) >= 11 is 0.378. The van der Waals surface area contributed by atoms with Crippen LogP contribution in [-0.2, 0) is 26.2 Å². The SMILES string of the molecule is CCC[C@H]1N(C(=O)C2C(C(F)(F)F)=CC=CN2C)CCC[C@@]1(Oc1csc(C(F)(F)F)c1)C(=O)N1CCC(O)(c2ccccc2O[C@H]2CC[C@H](CC(=O)O)C2)CC1. The number of piperidine rings is 2. The van der Waals surface area contributed by atoms with Crippen LogP contribution in [0.25, 0.3) is 0 Å². The van der Waals surface area contributed by atoms with E-state index in [1.54, 1.807) is 31.2 Å². The number of thiophene rings is 1. The van der Waals surface area contributed by atoms with Crippen LogP contribution < -0.4 is 9.47 Å². The zero-order chi connectivity index (χ0) is 41.3. The van der Waals surface area contributed by atoms with E-state index in [2.05, 4.69) is 0 Å². The second-order valence-corrected chi connectivity index (χ2v) is 16.4. The lowest BCUT2D eigenvalue weighted by Crippen LogP contribution is -2.70. The highest BCUT2D eigenvalue weighted by Crippen LogP contribution is 2.45. The first-order chi connectivity index (χ1) is 26.9. The monoisotopic (exact) mass is 827 g/mol. The molecule has 4 aliphatic rings. The van der Waals surface area contributed by atoms with Crippen LogP contribution in [0.1, 0.15) is 81.6 Å². The molecule has 1 saturated carbocycles. The summed E-state index contributed by atoms with van der Waals surface area (Å²) in [5.41, 5.74) is -4.01. The fourth-order valence-corrected chi connectivity index (χ4v) is 9.54. The second kappa shape index (κ2) is 16.5. The van der Waals surface area contributed by atoms with Gasteiger partial charge in [-0.2, -0.15) is 26.3 Å². The highest BCUT2D eigenvalue weighted by Gasteiger charge is 2.58. The van der Waals surface area contributed by atoms with Crippen LogP contribution in [-0.4, -0.2) is 99.3 Å². The van der Waals surface area contributed by atoms with Gasteiger partial charge in [0.25, 0.3) is 5.91 Å². The number of carboxylic acids is 1. The third kappa shape index (κ3) is 8.93. The van der Waals surface area contributed by atoms with Crippen LogP contribution in [0.4, 0.5) is 26.3 Å². The lowest BCUT2D eigenvalue weighted by atomic mass is 9.78. The number of hydrogen-bond acceptors (Lipinski definition) is 8. The minimum atomic E-state index is -4.85. The summed E-state index contributed by atoms with van der Waals surface area (Å²) in [6.07, 6.45) is -3.84. The first kappa shape index (κ1) is 42.4. The molecule has 2 N–H and O–H groups in total. The zero-order valence-electron chi connectivity index (χ0n) is 31.7. The zero-order valence-corrected chi connectivity index (χ0v) is 32.5. The molecule has 1 aromatic heterocycles. The van der Waals surface area contributed by atoms with Gasteiger partial charge in [0.05, 0.1) is 23.3 Å². The Hall–Kier alpha value is -4.25. The highest BCUT2D eigenvalue weighted by molar-refractivity contribution is 7.10. The summed E-state index contributed by atoms with van der Waals surface area (Å²) in [6.45, 7) is 1.74. The number of aliphatic carboxylic acids is 1. The van der Waals surface area contributed by atoms with Crippen molar-refractivity contribution >= 4 is 29.1 Å². The van der Waals surface area contributed by atoms with E-state index in [4.69, 9.17) is 9.47 Å². The van der Waals surface area contributed by atoms with Crippen LogP contribution in [0.2, 0.25) is 0 Å². The van der Waals surface area contributed by atoms with Crippen molar-refractivity contribution in [1.29, 1.82) is 0 Å². The van der Waals surface area contributed by atoms with Crippen LogP contribution in [0.3, 0.4) is 0 Å². The van der Waals surface area contributed by atoms with Crippen LogP contribution in [0.15, 0.2) is 59.6 Å². The number of nitrogens with zero attached hydrogens (tertiary/aromatic N) is 3. The standard InChI is InChI=1S/C40H47F6N3O7S/c1-3-8-31-38(56-27-23-32(57-24-27)40(44,45)46,14-7-18-49(31)35(52)34-29(39(41,42)43)10-6-17-47(34)2)36(53)48-19-15-37(54,16-20-48)28-9-4-5-11-30(28)55-26-13-12-25(21-26)22-33(50)51/h4-6,9-11,17,23-26,31,34,54H,3,7-8,12-16,18-22H2,1-2H3,(H,50,51)/t25-,26-,31+,34?,38-/m0/s1. The van der Waals surface area contributed by atoms with Gasteiger partial charge >= 0.3 is 18.3 Å². The number of rotatable bonds is 11. The fraction of sp³-hybridized carbons (Fsp3) is 0.575. The van der Waals surface area contributed by atoms with Gasteiger partial charge in [-0.25, -0.2) is 0 Å². The topological polar surface area (TPSA) is 120 Å². The molecule has 10 nitrogen and oxygen atoms in total. The van der Waals surface area contributed by atoms with E-state index in [0.29, 0.717) is 48.3 Å². The molecule has 2 saturated heterocycles. The minimum Gasteiger partial charge on any atom is -0.490 e. The normalized spacial score (nSPS) is 26.6. The molecule has 3 aliphatic heterocycles. The summed E-state index contributed by atoms with van der Waals surface area (Å²) in [7, 11) is 1.34. The average molecular weight is 828 g/mol. The van der Waals surface area contributed by atoms with Crippen molar-refractivity contribution < 1.29 is 60.4 Å². The third-order valence-corrected chi connectivity index (χ3v) is 12.6. The Morgan fingerprint density at radius 1 is 1.00 bits per heavy atom. The van der Waals surface area contributed by atoms with Crippen molar-refractivity contribution in [3.8, 4) is 11.5 Å². The molecule has 57 heavy (non-hydrogen) atoms. The third-order valence-electron chi connectivity index (χ3n) is 11.6. The molecular weight excluding hydrogens is 781 g/mol. The van der Waals surface area contributed by atoms with Gasteiger partial charge < -0.3 is 34.4 Å². The van der Waals surface area contributed by atoms with E-state index < -0.39 is 63.9 Å². The molecule has 0 radical (unpaired) electrons. The molecular formula is C40H47F6N3O7S. The Balaban J connectivity index is 1.29. The smallest absolute Gasteiger partial charge is 0.425 e. The van der Waals surface area contributed by atoms with Crippen LogP contribution in [0.5, 0.6) is 11.5 Å². The van der Waals surface area contributed by atoms with E-state index in [1.807, 2.05) is 0 Å². The summed E-state index contributed by atoms with van der Waals surface area (Å²) in [5, 5.41) is 22.4. The van der Waals surface area contributed by atoms with Crippen molar-refractivity contribution in [2.24, 2.45) is 5.92 Å². The van der Waals surface area contributed by atoms with Crippen molar-refractivity contribution in [3.05, 3.63) is 70.1 Å². The van der Waals surface area contributed by atoms with Gasteiger partial charge in [-0.05, 0) is 69.2 Å². The Bertz CT molecular complexity index is 1860.